The van der Waals surface area contributed by atoms with Crippen LogP contribution in [-0.4, -0.2) is 11.9 Å². The molecule has 1 amide bonds. The van der Waals surface area contributed by atoms with Crippen LogP contribution in [-0.2, 0) is 4.79 Å². The highest BCUT2D eigenvalue weighted by atomic mass is 16.1. The molecule has 0 fully saturated rings. The van der Waals surface area contributed by atoms with E-state index < -0.39 is 0 Å². The Labute approximate surface area is 109 Å². The van der Waals surface area contributed by atoms with Crippen LogP contribution in [0.3, 0.4) is 0 Å². The van der Waals surface area contributed by atoms with Gasteiger partial charge in [-0.2, -0.15) is 5.26 Å². The van der Waals surface area contributed by atoms with Gasteiger partial charge in [-0.25, -0.2) is 0 Å². The van der Waals surface area contributed by atoms with E-state index in [4.69, 9.17) is 5.26 Å². The van der Waals surface area contributed by atoms with Crippen molar-refractivity contribution in [3.05, 3.63) is 35.9 Å². The van der Waals surface area contributed by atoms with Gasteiger partial charge >= 0.3 is 0 Å². The smallest absolute Gasteiger partial charge is 0.228 e. The minimum atomic E-state index is -0.375. The van der Waals surface area contributed by atoms with Gasteiger partial charge in [-0.3, -0.25) is 4.79 Å². The summed E-state index contributed by atoms with van der Waals surface area (Å²) >= 11 is 0. The molecule has 0 saturated carbocycles. The second-order valence-corrected chi connectivity index (χ2v) is 4.35. The van der Waals surface area contributed by atoms with E-state index >= 15 is 0 Å². The van der Waals surface area contributed by atoms with Gasteiger partial charge in [0.1, 0.15) is 6.04 Å². The minimum absolute atomic E-state index is 0.0521. The van der Waals surface area contributed by atoms with Crippen molar-refractivity contribution in [2.24, 2.45) is 0 Å². The molecule has 18 heavy (non-hydrogen) atoms. The van der Waals surface area contributed by atoms with E-state index in [0.717, 1.165) is 18.4 Å². The van der Waals surface area contributed by atoms with Gasteiger partial charge in [0.25, 0.3) is 0 Å². The molecule has 3 nitrogen and oxygen atoms in total. The number of nitrogens with one attached hydrogen (secondary N) is 1. The summed E-state index contributed by atoms with van der Waals surface area (Å²) in [5, 5.41) is 11.8. The molecule has 2 atom stereocenters. The maximum absolute atomic E-state index is 12.2. The second-order valence-electron chi connectivity index (χ2n) is 4.35. The third-order valence-electron chi connectivity index (χ3n) is 2.98. The first-order valence-corrected chi connectivity index (χ1v) is 6.47. The van der Waals surface area contributed by atoms with E-state index in [1.54, 1.807) is 0 Å². The summed E-state index contributed by atoms with van der Waals surface area (Å²) in [5.41, 5.74) is 1.01. The first-order valence-electron chi connectivity index (χ1n) is 6.47. The molecular formula is C15H20N2O. The summed E-state index contributed by atoms with van der Waals surface area (Å²) in [4.78, 5) is 12.2. The van der Waals surface area contributed by atoms with Crippen LogP contribution in [0.5, 0.6) is 0 Å². The van der Waals surface area contributed by atoms with Crippen molar-refractivity contribution in [2.75, 3.05) is 0 Å². The van der Waals surface area contributed by atoms with Crippen molar-refractivity contribution in [3.8, 4) is 6.07 Å². The Kier molecular flexibility index (Phi) is 5.93. The van der Waals surface area contributed by atoms with Crippen LogP contribution in [0.2, 0.25) is 0 Å². The van der Waals surface area contributed by atoms with Crippen molar-refractivity contribution < 1.29 is 4.79 Å². The standard InChI is InChI=1S/C15H20N2O/c1-3-8-13(11-16)17-15(18)14(4-2)12-9-6-5-7-10-12/h5-7,9-10,13-14H,3-4,8H2,1-2H3,(H,17,18). The highest BCUT2D eigenvalue weighted by Gasteiger charge is 2.20. The average Bonchev–Trinajstić information content (AvgIpc) is 2.40. The zero-order valence-corrected chi connectivity index (χ0v) is 11.0. The van der Waals surface area contributed by atoms with Crippen molar-refractivity contribution >= 4 is 5.91 Å². The summed E-state index contributed by atoms with van der Waals surface area (Å²) in [5.74, 6) is -0.220. The lowest BCUT2D eigenvalue weighted by Gasteiger charge is -2.17. The first kappa shape index (κ1) is 14.2. The van der Waals surface area contributed by atoms with Crippen molar-refractivity contribution in [1.82, 2.24) is 5.32 Å². The Bertz CT molecular complexity index is 408. The van der Waals surface area contributed by atoms with E-state index in [-0.39, 0.29) is 17.9 Å². The Morgan fingerprint density at radius 2 is 2.00 bits per heavy atom. The van der Waals surface area contributed by atoms with Crippen molar-refractivity contribution in [1.29, 1.82) is 5.26 Å². The van der Waals surface area contributed by atoms with Gasteiger partial charge in [0.2, 0.25) is 5.91 Å². The summed E-state index contributed by atoms with van der Waals surface area (Å²) in [7, 11) is 0. The van der Waals surface area contributed by atoms with Crippen LogP contribution in [0, 0.1) is 11.3 Å². The highest BCUT2D eigenvalue weighted by Crippen LogP contribution is 2.19. The number of nitrogens with zero attached hydrogens (tertiary/aromatic N) is 1. The fourth-order valence-corrected chi connectivity index (χ4v) is 1.99. The number of amides is 1. The van der Waals surface area contributed by atoms with Crippen LogP contribution in [0.4, 0.5) is 0 Å². The Balaban J connectivity index is 2.72. The molecule has 0 saturated heterocycles. The van der Waals surface area contributed by atoms with Gasteiger partial charge in [-0.15, -0.1) is 0 Å². The number of carbonyl (C=O) groups is 1. The Morgan fingerprint density at radius 1 is 1.33 bits per heavy atom. The monoisotopic (exact) mass is 244 g/mol. The van der Waals surface area contributed by atoms with E-state index in [1.165, 1.54) is 0 Å². The van der Waals surface area contributed by atoms with Crippen LogP contribution in [0.15, 0.2) is 30.3 Å². The van der Waals surface area contributed by atoms with E-state index in [0.29, 0.717) is 6.42 Å². The average molecular weight is 244 g/mol. The van der Waals surface area contributed by atoms with Gasteiger partial charge < -0.3 is 5.32 Å². The molecule has 1 rings (SSSR count). The first-order chi connectivity index (χ1) is 8.72. The molecule has 1 N–H and O–H groups in total. The quantitative estimate of drug-likeness (QED) is 0.836. The number of rotatable bonds is 6. The molecule has 0 spiro atoms. The number of carbonyl (C=O) groups excluding carboxylic acids is 1. The van der Waals surface area contributed by atoms with E-state index in [9.17, 15) is 4.79 Å². The number of nitriles is 1. The van der Waals surface area contributed by atoms with Crippen LogP contribution in [0.1, 0.15) is 44.6 Å². The lowest BCUT2D eigenvalue weighted by atomic mass is 9.95. The molecule has 0 heterocycles. The lowest BCUT2D eigenvalue weighted by molar-refractivity contribution is -0.123. The molecule has 0 aliphatic carbocycles. The fraction of sp³-hybridized carbons (Fsp3) is 0.467. The predicted octanol–water partition coefficient (Wildman–Crippen LogP) is 2.99. The van der Waals surface area contributed by atoms with Crippen LogP contribution in [0.25, 0.3) is 0 Å². The van der Waals surface area contributed by atoms with Crippen molar-refractivity contribution in [2.45, 2.75) is 45.1 Å². The molecule has 2 unspecified atom stereocenters. The topological polar surface area (TPSA) is 52.9 Å². The third kappa shape index (κ3) is 3.89. The second kappa shape index (κ2) is 7.50. The summed E-state index contributed by atoms with van der Waals surface area (Å²) in [6, 6.07) is 11.5. The largest absolute Gasteiger partial charge is 0.340 e. The fourth-order valence-electron chi connectivity index (χ4n) is 1.99. The van der Waals surface area contributed by atoms with Gasteiger partial charge in [-0.05, 0) is 18.4 Å². The van der Waals surface area contributed by atoms with E-state index in [2.05, 4.69) is 11.4 Å². The SMILES string of the molecule is CCCC(C#N)NC(=O)C(CC)c1ccccc1. The van der Waals surface area contributed by atoms with Crippen LogP contribution < -0.4 is 5.32 Å². The zero-order valence-electron chi connectivity index (χ0n) is 11.0. The Morgan fingerprint density at radius 3 is 2.50 bits per heavy atom. The summed E-state index contributed by atoms with van der Waals surface area (Å²) in [6.07, 6.45) is 2.33. The molecule has 96 valence electrons. The van der Waals surface area contributed by atoms with Crippen molar-refractivity contribution in [3.63, 3.8) is 0 Å². The summed E-state index contributed by atoms with van der Waals surface area (Å²) in [6.45, 7) is 3.99. The molecule has 3 heteroatoms. The summed E-state index contributed by atoms with van der Waals surface area (Å²) < 4.78 is 0. The maximum atomic E-state index is 12.2. The molecular weight excluding hydrogens is 224 g/mol. The number of hydrogen-bond donors (Lipinski definition) is 1. The van der Waals surface area contributed by atoms with Gasteiger partial charge in [0.15, 0.2) is 0 Å². The third-order valence-corrected chi connectivity index (χ3v) is 2.98. The Hall–Kier alpha value is -1.82. The highest BCUT2D eigenvalue weighted by molar-refractivity contribution is 5.84. The molecule has 0 radical (unpaired) electrons. The van der Waals surface area contributed by atoms with Gasteiger partial charge in [0, 0.05) is 0 Å². The molecule has 1 aromatic carbocycles. The van der Waals surface area contributed by atoms with Gasteiger partial charge in [-0.1, -0.05) is 50.6 Å². The molecule has 0 bridgehead atoms. The van der Waals surface area contributed by atoms with Crippen LogP contribution >= 0.6 is 0 Å². The molecule has 0 aliphatic rings. The minimum Gasteiger partial charge on any atom is -0.340 e. The lowest BCUT2D eigenvalue weighted by Crippen LogP contribution is -2.37. The molecule has 0 aliphatic heterocycles. The molecule has 1 aromatic rings. The zero-order chi connectivity index (χ0) is 13.4. The van der Waals surface area contributed by atoms with Gasteiger partial charge in [0.05, 0.1) is 12.0 Å². The normalized spacial score (nSPS) is 13.4. The number of benzene rings is 1. The number of hydrogen-bond acceptors (Lipinski definition) is 2. The molecule has 0 aromatic heterocycles. The van der Waals surface area contributed by atoms with E-state index in [1.807, 2.05) is 44.2 Å². The predicted molar refractivity (Wildman–Crippen MR) is 71.9 cm³/mol. The maximum Gasteiger partial charge on any atom is 0.228 e.